The van der Waals surface area contributed by atoms with Crippen LogP contribution in [0.5, 0.6) is 5.75 Å². The van der Waals surface area contributed by atoms with Gasteiger partial charge in [-0.2, -0.15) is 21.6 Å². The molecular formula is C16H17Cl2F3N2O5S. The van der Waals surface area contributed by atoms with E-state index in [0.717, 1.165) is 12.1 Å². The van der Waals surface area contributed by atoms with Crippen LogP contribution < -0.4 is 4.18 Å². The van der Waals surface area contributed by atoms with Gasteiger partial charge in [-0.1, -0.05) is 23.2 Å². The Bertz CT molecular complexity index is 868. The molecule has 2 aliphatic rings. The van der Waals surface area contributed by atoms with Crippen LogP contribution >= 0.6 is 23.2 Å². The van der Waals surface area contributed by atoms with Crippen LogP contribution in [0.1, 0.15) is 12.0 Å². The first-order valence-electron chi connectivity index (χ1n) is 8.62. The summed E-state index contributed by atoms with van der Waals surface area (Å²) in [6.45, 7) is 2.83. The molecule has 2 heterocycles. The molecule has 29 heavy (non-hydrogen) atoms. The second-order valence-corrected chi connectivity index (χ2v) is 8.92. The summed E-state index contributed by atoms with van der Waals surface area (Å²) in [5, 5.41) is 3.43. The Balaban J connectivity index is 1.73. The number of carbonyl (C=O) groups excluding carboxylic acids is 1. The van der Waals surface area contributed by atoms with Crippen LogP contribution in [0, 0.1) is 5.92 Å². The molecule has 162 valence electrons. The van der Waals surface area contributed by atoms with Crippen molar-refractivity contribution in [3.05, 3.63) is 27.7 Å². The van der Waals surface area contributed by atoms with Gasteiger partial charge in [0.25, 0.3) is 0 Å². The summed E-state index contributed by atoms with van der Waals surface area (Å²) in [4.78, 5) is 12.7. The lowest BCUT2D eigenvalue weighted by Gasteiger charge is -2.34. The van der Waals surface area contributed by atoms with Crippen molar-refractivity contribution in [2.75, 3.05) is 32.8 Å². The van der Waals surface area contributed by atoms with E-state index in [1.165, 1.54) is 0 Å². The van der Waals surface area contributed by atoms with Crippen molar-refractivity contribution in [1.29, 1.82) is 0 Å². The number of ether oxygens (including phenoxy) is 1. The molecule has 1 aromatic rings. The van der Waals surface area contributed by atoms with E-state index in [0.29, 0.717) is 44.8 Å². The second kappa shape index (κ2) is 8.46. The number of nitrogens with zero attached hydrogens (tertiary/aromatic N) is 2. The van der Waals surface area contributed by atoms with Crippen molar-refractivity contribution in [3.8, 4) is 5.75 Å². The number of hydrogen-bond acceptors (Lipinski definition) is 6. The number of halogens is 5. The molecule has 0 radical (unpaired) electrons. The average molecular weight is 477 g/mol. The lowest BCUT2D eigenvalue weighted by molar-refractivity contribution is -0.153. The Kier molecular flexibility index (Phi) is 6.54. The third-order valence-electron chi connectivity index (χ3n) is 4.68. The molecular weight excluding hydrogens is 460 g/mol. The van der Waals surface area contributed by atoms with Gasteiger partial charge in [0.15, 0.2) is 0 Å². The number of hydrogen-bond donors (Lipinski definition) is 0. The van der Waals surface area contributed by atoms with E-state index in [2.05, 4.69) is 4.18 Å². The Hall–Kier alpha value is -1.27. The zero-order valence-corrected chi connectivity index (χ0v) is 17.2. The minimum atomic E-state index is -5.84. The van der Waals surface area contributed by atoms with Crippen LogP contribution in [0.3, 0.4) is 0 Å². The van der Waals surface area contributed by atoms with E-state index in [1.807, 2.05) is 5.01 Å². The average Bonchev–Trinajstić information content (AvgIpc) is 2.98. The van der Waals surface area contributed by atoms with Crippen LogP contribution in [-0.2, 0) is 26.1 Å². The minimum absolute atomic E-state index is 0.0810. The van der Waals surface area contributed by atoms with Crippen LogP contribution in [0.15, 0.2) is 12.1 Å². The van der Waals surface area contributed by atoms with Crippen LogP contribution in [-0.4, -0.2) is 62.7 Å². The number of benzene rings is 1. The first-order chi connectivity index (χ1) is 13.5. The van der Waals surface area contributed by atoms with Gasteiger partial charge < -0.3 is 8.92 Å². The largest absolute Gasteiger partial charge is 0.534 e. The highest BCUT2D eigenvalue weighted by atomic mass is 35.5. The number of rotatable bonds is 5. The molecule has 0 bridgehead atoms. The topological polar surface area (TPSA) is 76.2 Å². The van der Waals surface area contributed by atoms with Gasteiger partial charge in [-0.25, -0.2) is 5.01 Å². The fraction of sp³-hybridized carbons (Fsp3) is 0.562. The Morgan fingerprint density at radius 1 is 1.14 bits per heavy atom. The maximum absolute atomic E-state index is 12.7. The van der Waals surface area contributed by atoms with Gasteiger partial charge in [-0.15, -0.1) is 0 Å². The smallest absolute Gasteiger partial charge is 0.379 e. The van der Waals surface area contributed by atoms with Crippen molar-refractivity contribution in [3.63, 3.8) is 0 Å². The molecule has 0 aliphatic carbocycles. The van der Waals surface area contributed by atoms with Gasteiger partial charge >= 0.3 is 15.6 Å². The van der Waals surface area contributed by atoms with Gasteiger partial charge in [0.05, 0.1) is 13.2 Å². The number of alkyl halides is 3. The summed E-state index contributed by atoms with van der Waals surface area (Å²) >= 11 is 12.2. The molecule has 2 saturated heterocycles. The van der Waals surface area contributed by atoms with Crippen LogP contribution in [0.2, 0.25) is 10.0 Å². The summed E-state index contributed by atoms with van der Waals surface area (Å²) in [6.07, 6.45) is 0.729. The van der Waals surface area contributed by atoms with Crippen molar-refractivity contribution >= 4 is 39.2 Å². The predicted molar refractivity (Wildman–Crippen MR) is 98.0 cm³/mol. The lowest BCUT2D eigenvalue weighted by atomic mass is 9.98. The van der Waals surface area contributed by atoms with Gasteiger partial charge in [0.2, 0.25) is 5.91 Å². The summed E-state index contributed by atoms with van der Waals surface area (Å²) in [7, 11) is -5.84. The molecule has 2 aliphatic heterocycles. The zero-order chi connectivity index (χ0) is 21.4. The Morgan fingerprint density at radius 3 is 2.28 bits per heavy atom. The molecule has 1 atom stereocenters. The standard InChI is InChI=1S/C16H17Cl2F3N2O5S/c17-13-8-11(28-29(25,26)16(19,20)21)9-14(18)12(13)7-10-1-2-23(15(10)24)22-3-5-27-6-4-22/h8-10H,1-7H2/t10-/m0/s1. The van der Waals surface area contributed by atoms with E-state index in [1.54, 1.807) is 5.01 Å². The normalized spacial score (nSPS) is 21.6. The SMILES string of the molecule is O=C1[C@H](Cc2c(Cl)cc(OS(=O)(=O)C(F)(F)F)cc2Cl)CCN1N1CCOCC1. The summed E-state index contributed by atoms with van der Waals surface area (Å²) < 4.78 is 69.0. The molecule has 13 heteroatoms. The van der Waals surface area contributed by atoms with E-state index in [-0.39, 0.29) is 22.4 Å². The molecule has 0 saturated carbocycles. The van der Waals surface area contributed by atoms with Crippen molar-refractivity contribution in [2.24, 2.45) is 5.92 Å². The first kappa shape index (κ1) is 22.4. The molecule has 2 fully saturated rings. The van der Waals surface area contributed by atoms with E-state index in [9.17, 15) is 26.4 Å². The molecule has 1 amide bonds. The van der Waals surface area contributed by atoms with E-state index in [4.69, 9.17) is 27.9 Å². The van der Waals surface area contributed by atoms with Gasteiger partial charge in [-0.05, 0) is 18.4 Å². The molecule has 3 rings (SSSR count). The highest BCUT2D eigenvalue weighted by Gasteiger charge is 2.48. The molecule has 0 N–H and O–H groups in total. The maximum atomic E-state index is 12.7. The third-order valence-corrected chi connectivity index (χ3v) is 6.33. The molecule has 0 unspecified atom stereocenters. The number of morpholine rings is 1. The van der Waals surface area contributed by atoms with Crippen molar-refractivity contribution in [1.82, 2.24) is 10.0 Å². The Morgan fingerprint density at radius 2 is 1.72 bits per heavy atom. The summed E-state index contributed by atoms with van der Waals surface area (Å²) in [5.74, 6) is -1.16. The summed E-state index contributed by atoms with van der Waals surface area (Å²) in [6, 6.07) is 1.87. The maximum Gasteiger partial charge on any atom is 0.534 e. The van der Waals surface area contributed by atoms with Crippen molar-refractivity contribution < 1.29 is 35.3 Å². The van der Waals surface area contributed by atoms with E-state index >= 15 is 0 Å². The molecule has 1 aromatic carbocycles. The third kappa shape index (κ3) is 4.91. The first-order valence-corrected chi connectivity index (χ1v) is 10.8. The number of hydrazine groups is 1. The van der Waals surface area contributed by atoms with Crippen molar-refractivity contribution in [2.45, 2.75) is 18.3 Å². The monoisotopic (exact) mass is 476 g/mol. The number of carbonyl (C=O) groups is 1. The molecule has 0 aromatic heterocycles. The fourth-order valence-corrected chi connectivity index (χ4v) is 4.30. The highest BCUT2D eigenvalue weighted by molar-refractivity contribution is 7.88. The highest BCUT2D eigenvalue weighted by Crippen LogP contribution is 2.36. The lowest BCUT2D eigenvalue weighted by Crippen LogP contribution is -2.49. The molecule has 0 spiro atoms. The van der Waals surface area contributed by atoms with Gasteiger partial charge in [0.1, 0.15) is 5.75 Å². The minimum Gasteiger partial charge on any atom is -0.379 e. The Labute approximate surface area is 175 Å². The van der Waals surface area contributed by atoms with Crippen LogP contribution in [0.4, 0.5) is 13.2 Å². The predicted octanol–water partition coefficient (Wildman–Crippen LogP) is 2.86. The summed E-state index contributed by atoms with van der Waals surface area (Å²) in [5.41, 5.74) is -5.24. The van der Waals surface area contributed by atoms with Crippen LogP contribution in [0.25, 0.3) is 0 Å². The zero-order valence-electron chi connectivity index (χ0n) is 14.9. The van der Waals surface area contributed by atoms with Gasteiger partial charge in [-0.3, -0.25) is 9.80 Å². The number of amides is 1. The molecule has 7 nitrogen and oxygen atoms in total. The van der Waals surface area contributed by atoms with Gasteiger partial charge in [0, 0.05) is 47.7 Å². The van der Waals surface area contributed by atoms with E-state index < -0.39 is 27.3 Å². The second-order valence-electron chi connectivity index (χ2n) is 6.57. The quantitative estimate of drug-likeness (QED) is 0.480. The fourth-order valence-electron chi connectivity index (χ4n) is 3.23.